The number of benzene rings is 2. The predicted octanol–water partition coefficient (Wildman–Crippen LogP) is 3.38. The van der Waals surface area contributed by atoms with Crippen LogP contribution in [0.4, 0.5) is 0 Å². The molecule has 0 radical (unpaired) electrons. The van der Waals surface area contributed by atoms with E-state index in [1.54, 1.807) is 7.11 Å². The van der Waals surface area contributed by atoms with Crippen LogP contribution in [0, 0.1) is 0 Å². The van der Waals surface area contributed by atoms with Gasteiger partial charge in [-0.05, 0) is 29.3 Å². The van der Waals surface area contributed by atoms with E-state index in [-0.39, 0.29) is 12.1 Å². The van der Waals surface area contributed by atoms with Crippen LogP contribution in [-0.4, -0.2) is 13.1 Å². The molecule has 0 saturated carbocycles. The van der Waals surface area contributed by atoms with Gasteiger partial charge in [0.2, 0.25) is 0 Å². The molecule has 0 aliphatic carbocycles. The Balaban J connectivity index is 1.90. The molecule has 0 aromatic heterocycles. The van der Waals surface area contributed by atoms with Crippen LogP contribution in [0.3, 0.4) is 0 Å². The SMILES string of the molecule is COc1ccc(C2=CC(c3ccccc3)OC2=O)cc1. The van der Waals surface area contributed by atoms with Gasteiger partial charge < -0.3 is 9.47 Å². The molecule has 0 bridgehead atoms. The van der Waals surface area contributed by atoms with E-state index in [9.17, 15) is 4.79 Å². The molecule has 100 valence electrons. The van der Waals surface area contributed by atoms with Crippen molar-refractivity contribution in [1.29, 1.82) is 0 Å². The number of hydrogen-bond acceptors (Lipinski definition) is 3. The van der Waals surface area contributed by atoms with Gasteiger partial charge in [-0.3, -0.25) is 0 Å². The molecular formula is C17H14O3. The molecule has 1 aliphatic rings. The summed E-state index contributed by atoms with van der Waals surface area (Å²) in [5.74, 6) is 0.476. The molecule has 1 heterocycles. The van der Waals surface area contributed by atoms with Crippen LogP contribution in [0.25, 0.3) is 5.57 Å². The summed E-state index contributed by atoms with van der Waals surface area (Å²) in [6.07, 6.45) is 1.56. The summed E-state index contributed by atoms with van der Waals surface area (Å²) in [7, 11) is 1.61. The highest BCUT2D eigenvalue weighted by molar-refractivity contribution is 6.18. The second kappa shape index (κ2) is 5.21. The van der Waals surface area contributed by atoms with Crippen molar-refractivity contribution in [2.24, 2.45) is 0 Å². The van der Waals surface area contributed by atoms with Gasteiger partial charge in [-0.1, -0.05) is 42.5 Å². The van der Waals surface area contributed by atoms with Crippen molar-refractivity contribution in [2.45, 2.75) is 6.10 Å². The third kappa shape index (κ3) is 2.30. The van der Waals surface area contributed by atoms with Crippen LogP contribution >= 0.6 is 0 Å². The van der Waals surface area contributed by atoms with Gasteiger partial charge in [-0.15, -0.1) is 0 Å². The number of rotatable bonds is 3. The second-order valence-corrected chi connectivity index (χ2v) is 4.55. The molecule has 0 saturated heterocycles. The normalized spacial score (nSPS) is 17.6. The van der Waals surface area contributed by atoms with Gasteiger partial charge in [0.1, 0.15) is 11.9 Å². The Morgan fingerprint density at radius 2 is 1.70 bits per heavy atom. The van der Waals surface area contributed by atoms with Crippen molar-refractivity contribution < 1.29 is 14.3 Å². The molecule has 1 aliphatic heterocycles. The molecule has 0 amide bonds. The first-order valence-electron chi connectivity index (χ1n) is 6.40. The highest BCUT2D eigenvalue weighted by atomic mass is 16.5. The standard InChI is InChI=1S/C17H14O3/c1-19-14-9-7-12(8-10-14)15-11-16(20-17(15)18)13-5-3-2-4-6-13/h2-11,16H,1H3. The summed E-state index contributed by atoms with van der Waals surface area (Å²) in [6.45, 7) is 0. The quantitative estimate of drug-likeness (QED) is 0.799. The summed E-state index contributed by atoms with van der Waals surface area (Å²) in [6, 6.07) is 17.1. The molecule has 0 fully saturated rings. The Bertz CT molecular complexity index is 642. The third-order valence-electron chi connectivity index (χ3n) is 3.30. The van der Waals surface area contributed by atoms with E-state index in [0.29, 0.717) is 5.57 Å². The van der Waals surface area contributed by atoms with Gasteiger partial charge in [0.05, 0.1) is 12.7 Å². The smallest absolute Gasteiger partial charge is 0.339 e. The fraction of sp³-hybridized carbons (Fsp3) is 0.118. The first-order chi connectivity index (χ1) is 9.78. The molecule has 3 heteroatoms. The lowest BCUT2D eigenvalue weighted by molar-refractivity contribution is -0.137. The fourth-order valence-electron chi connectivity index (χ4n) is 2.22. The molecular weight excluding hydrogens is 252 g/mol. The van der Waals surface area contributed by atoms with Gasteiger partial charge >= 0.3 is 5.97 Å². The minimum absolute atomic E-state index is 0.288. The zero-order chi connectivity index (χ0) is 13.9. The predicted molar refractivity (Wildman–Crippen MR) is 76.2 cm³/mol. The molecule has 3 nitrogen and oxygen atoms in total. The molecule has 0 N–H and O–H groups in total. The van der Waals surface area contributed by atoms with Crippen molar-refractivity contribution in [1.82, 2.24) is 0 Å². The number of carbonyl (C=O) groups is 1. The maximum atomic E-state index is 12.0. The van der Waals surface area contributed by atoms with Gasteiger partial charge in [-0.25, -0.2) is 4.79 Å². The third-order valence-corrected chi connectivity index (χ3v) is 3.30. The Kier molecular flexibility index (Phi) is 3.25. The minimum Gasteiger partial charge on any atom is -0.497 e. The molecule has 1 unspecified atom stereocenters. The zero-order valence-electron chi connectivity index (χ0n) is 11.1. The summed E-state index contributed by atoms with van der Waals surface area (Å²) >= 11 is 0. The number of esters is 1. The summed E-state index contributed by atoms with van der Waals surface area (Å²) in [5.41, 5.74) is 2.42. The van der Waals surface area contributed by atoms with E-state index in [1.807, 2.05) is 60.7 Å². The highest BCUT2D eigenvalue weighted by Crippen LogP contribution is 2.33. The number of cyclic esters (lactones) is 1. The maximum absolute atomic E-state index is 12.0. The molecule has 20 heavy (non-hydrogen) atoms. The van der Waals surface area contributed by atoms with Crippen LogP contribution in [0.5, 0.6) is 5.75 Å². The summed E-state index contributed by atoms with van der Waals surface area (Å²) in [5, 5.41) is 0. The summed E-state index contributed by atoms with van der Waals surface area (Å²) in [4.78, 5) is 12.0. The molecule has 0 spiro atoms. The van der Waals surface area contributed by atoms with Crippen molar-refractivity contribution in [3.63, 3.8) is 0 Å². The van der Waals surface area contributed by atoms with Crippen LogP contribution in [0.1, 0.15) is 17.2 Å². The topological polar surface area (TPSA) is 35.5 Å². The van der Waals surface area contributed by atoms with Crippen molar-refractivity contribution in [2.75, 3.05) is 7.11 Å². The zero-order valence-corrected chi connectivity index (χ0v) is 11.1. The van der Waals surface area contributed by atoms with E-state index in [2.05, 4.69) is 0 Å². The van der Waals surface area contributed by atoms with Crippen molar-refractivity contribution >= 4 is 11.5 Å². The Labute approximate surface area is 117 Å². The number of methoxy groups -OCH3 is 1. The van der Waals surface area contributed by atoms with Crippen LogP contribution in [0.15, 0.2) is 60.7 Å². The van der Waals surface area contributed by atoms with Crippen molar-refractivity contribution in [3.8, 4) is 5.75 Å². The first-order valence-corrected chi connectivity index (χ1v) is 6.40. The number of carbonyl (C=O) groups excluding carboxylic acids is 1. The first kappa shape index (κ1) is 12.5. The summed E-state index contributed by atoms with van der Waals surface area (Å²) < 4.78 is 10.5. The molecule has 2 aromatic carbocycles. The van der Waals surface area contributed by atoms with E-state index in [1.165, 1.54) is 0 Å². The van der Waals surface area contributed by atoms with E-state index < -0.39 is 0 Å². The Morgan fingerprint density at radius 1 is 1.00 bits per heavy atom. The monoisotopic (exact) mass is 266 g/mol. The van der Waals surface area contributed by atoms with E-state index in [4.69, 9.17) is 9.47 Å². The largest absolute Gasteiger partial charge is 0.497 e. The minimum atomic E-state index is -0.305. The lowest BCUT2D eigenvalue weighted by Gasteiger charge is -2.07. The number of ether oxygens (including phenoxy) is 2. The molecule has 1 atom stereocenters. The van der Waals surface area contributed by atoms with E-state index in [0.717, 1.165) is 16.9 Å². The van der Waals surface area contributed by atoms with Gasteiger partial charge in [0, 0.05) is 0 Å². The van der Waals surface area contributed by atoms with Gasteiger partial charge in [0.25, 0.3) is 0 Å². The lowest BCUT2D eigenvalue weighted by Crippen LogP contribution is -2.02. The average Bonchev–Trinajstić information content (AvgIpc) is 2.90. The second-order valence-electron chi connectivity index (χ2n) is 4.55. The van der Waals surface area contributed by atoms with Crippen LogP contribution < -0.4 is 4.74 Å². The van der Waals surface area contributed by atoms with Gasteiger partial charge in [-0.2, -0.15) is 0 Å². The average molecular weight is 266 g/mol. The van der Waals surface area contributed by atoms with E-state index >= 15 is 0 Å². The lowest BCUT2D eigenvalue weighted by atomic mass is 10.0. The van der Waals surface area contributed by atoms with Crippen LogP contribution in [-0.2, 0) is 9.53 Å². The highest BCUT2D eigenvalue weighted by Gasteiger charge is 2.27. The molecule has 3 rings (SSSR count). The van der Waals surface area contributed by atoms with Crippen LogP contribution in [0.2, 0.25) is 0 Å². The Hall–Kier alpha value is -2.55. The molecule has 2 aromatic rings. The van der Waals surface area contributed by atoms with Gasteiger partial charge in [0.15, 0.2) is 0 Å². The maximum Gasteiger partial charge on any atom is 0.339 e. The van der Waals surface area contributed by atoms with Crippen molar-refractivity contribution in [3.05, 3.63) is 71.8 Å². The fourth-order valence-corrected chi connectivity index (χ4v) is 2.22. The number of hydrogen-bond donors (Lipinski definition) is 0. The Morgan fingerprint density at radius 3 is 2.35 bits per heavy atom.